The summed E-state index contributed by atoms with van der Waals surface area (Å²) in [4.78, 5) is 18.7. The second-order valence-electron chi connectivity index (χ2n) is 7.96. The van der Waals surface area contributed by atoms with Gasteiger partial charge in [0.2, 0.25) is 17.8 Å². The van der Waals surface area contributed by atoms with E-state index >= 15 is 0 Å². The van der Waals surface area contributed by atoms with Gasteiger partial charge in [0.25, 0.3) is 0 Å². The SMILES string of the molecule is C/C(=C/C=NNc1nc(N2CCCCC2)nc(N2CCCCC2)n1)c1ccccc1. The number of aromatic nitrogens is 3. The molecular formula is C23H31N7. The first-order chi connectivity index (χ1) is 14.8. The van der Waals surface area contributed by atoms with Crippen molar-refractivity contribution >= 4 is 29.6 Å². The number of benzene rings is 1. The van der Waals surface area contributed by atoms with E-state index in [1.807, 2.05) is 24.3 Å². The lowest BCUT2D eigenvalue weighted by Crippen LogP contribution is -2.34. The molecule has 2 aliphatic heterocycles. The van der Waals surface area contributed by atoms with Crippen LogP contribution in [0, 0.1) is 0 Å². The second-order valence-corrected chi connectivity index (χ2v) is 7.96. The third-order valence-corrected chi connectivity index (χ3v) is 5.68. The minimum atomic E-state index is 0.508. The maximum atomic E-state index is 4.80. The Balaban J connectivity index is 1.50. The highest BCUT2D eigenvalue weighted by atomic mass is 15.4. The predicted molar refractivity (Wildman–Crippen MR) is 124 cm³/mol. The number of anilines is 3. The van der Waals surface area contributed by atoms with Crippen LogP contribution in [0.2, 0.25) is 0 Å². The Kier molecular flexibility index (Phi) is 6.90. The molecule has 0 bridgehead atoms. The van der Waals surface area contributed by atoms with E-state index in [1.165, 1.54) is 44.1 Å². The van der Waals surface area contributed by atoms with Gasteiger partial charge in [-0.3, -0.25) is 0 Å². The van der Waals surface area contributed by atoms with E-state index in [4.69, 9.17) is 4.98 Å². The fourth-order valence-electron chi connectivity index (χ4n) is 3.92. The topological polar surface area (TPSA) is 69.5 Å². The number of hydrogen-bond acceptors (Lipinski definition) is 7. The van der Waals surface area contributed by atoms with Crippen molar-refractivity contribution in [2.24, 2.45) is 5.10 Å². The number of nitrogens with zero attached hydrogens (tertiary/aromatic N) is 6. The smallest absolute Gasteiger partial charge is 0.250 e. The molecule has 1 aromatic carbocycles. The fourth-order valence-corrected chi connectivity index (χ4v) is 3.92. The van der Waals surface area contributed by atoms with Crippen LogP contribution in [0.3, 0.4) is 0 Å². The summed E-state index contributed by atoms with van der Waals surface area (Å²) in [6.45, 7) is 6.10. The molecule has 158 valence electrons. The second kappa shape index (κ2) is 10.2. The molecule has 2 aromatic rings. The Bertz CT molecular complexity index is 830. The van der Waals surface area contributed by atoms with Crippen LogP contribution in [-0.2, 0) is 0 Å². The van der Waals surface area contributed by atoms with Crippen LogP contribution >= 0.6 is 0 Å². The molecule has 2 aliphatic rings. The molecule has 1 N–H and O–H groups in total. The lowest BCUT2D eigenvalue weighted by molar-refractivity contribution is 0.556. The van der Waals surface area contributed by atoms with Crippen LogP contribution in [0.4, 0.5) is 17.8 Å². The zero-order valence-corrected chi connectivity index (χ0v) is 17.8. The van der Waals surface area contributed by atoms with E-state index in [-0.39, 0.29) is 0 Å². The molecule has 2 saturated heterocycles. The van der Waals surface area contributed by atoms with Crippen molar-refractivity contribution in [2.45, 2.75) is 45.4 Å². The lowest BCUT2D eigenvalue weighted by atomic mass is 10.1. The van der Waals surface area contributed by atoms with Crippen LogP contribution in [0.1, 0.15) is 51.0 Å². The molecule has 7 nitrogen and oxygen atoms in total. The van der Waals surface area contributed by atoms with Gasteiger partial charge in [0.15, 0.2) is 0 Å². The normalized spacial score (nSPS) is 18.1. The lowest BCUT2D eigenvalue weighted by Gasteiger charge is -2.30. The van der Waals surface area contributed by atoms with Crippen molar-refractivity contribution in [3.63, 3.8) is 0 Å². The van der Waals surface area contributed by atoms with Gasteiger partial charge in [0.1, 0.15) is 0 Å². The molecule has 0 spiro atoms. The monoisotopic (exact) mass is 405 g/mol. The number of allylic oxidation sites excluding steroid dienone is 2. The van der Waals surface area contributed by atoms with Crippen molar-refractivity contribution in [1.29, 1.82) is 0 Å². The van der Waals surface area contributed by atoms with E-state index in [9.17, 15) is 0 Å². The standard InChI is InChI=1S/C23H31N7/c1-19(20-11-5-2-6-12-20)13-14-24-28-21-25-22(29-15-7-3-8-16-29)27-23(26-21)30-17-9-4-10-18-30/h2,5-6,11-14H,3-4,7-10,15-18H2,1H3,(H,25,26,27,28)/b19-13-,24-14?. The van der Waals surface area contributed by atoms with Crippen LogP contribution in [0.5, 0.6) is 0 Å². The molecular weight excluding hydrogens is 374 g/mol. The van der Waals surface area contributed by atoms with Gasteiger partial charge in [-0.1, -0.05) is 30.3 Å². The molecule has 0 radical (unpaired) electrons. The minimum Gasteiger partial charge on any atom is -0.341 e. The maximum Gasteiger partial charge on any atom is 0.250 e. The largest absolute Gasteiger partial charge is 0.341 e. The third-order valence-electron chi connectivity index (χ3n) is 5.68. The first kappa shape index (κ1) is 20.3. The summed E-state index contributed by atoms with van der Waals surface area (Å²) < 4.78 is 0. The van der Waals surface area contributed by atoms with E-state index in [0.29, 0.717) is 5.95 Å². The van der Waals surface area contributed by atoms with Crippen LogP contribution in [0.15, 0.2) is 41.5 Å². The Morgan fingerprint density at radius 1 is 0.833 bits per heavy atom. The van der Waals surface area contributed by atoms with E-state index in [1.54, 1.807) is 6.21 Å². The van der Waals surface area contributed by atoms with Crippen molar-refractivity contribution in [3.8, 4) is 0 Å². The van der Waals surface area contributed by atoms with Gasteiger partial charge in [-0.05, 0) is 62.7 Å². The highest BCUT2D eigenvalue weighted by Crippen LogP contribution is 2.22. The average molecular weight is 406 g/mol. The Morgan fingerprint density at radius 3 is 1.97 bits per heavy atom. The van der Waals surface area contributed by atoms with Crippen molar-refractivity contribution < 1.29 is 0 Å². The van der Waals surface area contributed by atoms with E-state index in [2.05, 4.69) is 49.4 Å². The molecule has 30 heavy (non-hydrogen) atoms. The van der Waals surface area contributed by atoms with Crippen LogP contribution in [-0.4, -0.2) is 47.3 Å². The predicted octanol–water partition coefficient (Wildman–Crippen LogP) is 4.35. The van der Waals surface area contributed by atoms with Crippen LogP contribution < -0.4 is 15.2 Å². The van der Waals surface area contributed by atoms with E-state index < -0.39 is 0 Å². The minimum absolute atomic E-state index is 0.508. The molecule has 1 aromatic heterocycles. The van der Waals surface area contributed by atoms with Crippen molar-refractivity contribution in [1.82, 2.24) is 15.0 Å². The molecule has 0 atom stereocenters. The van der Waals surface area contributed by atoms with Gasteiger partial charge in [-0.25, -0.2) is 5.43 Å². The van der Waals surface area contributed by atoms with Crippen LogP contribution in [0.25, 0.3) is 5.57 Å². The zero-order valence-electron chi connectivity index (χ0n) is 17.8. The number of hydrogen-bond donors (Lipinski definition) is 1. The Morgan fingerprint density at radius 2 is 1.40 bits per heavy atom. The number of hydrazone groups is 1. The van der Waals surface area contributed by atoms with Crippen molar-refractivity contribution in [2.75, 3.05) is 41.4 Å². The Labute approximate surface area is 178 Å². The molecule has 0 unspecified atom stereocenters. The van der Waals surface area contributed by atoms with E-state index in [0.717, 1.165) is 43.6 Å². The van der Waals surface area contributed by atoms with Gasteiger partial charge in [0.05, 0.1) is 0 Å². The van der Waals surface area contributed by atoms with Gasteiger partial charge >= 0.3 is 0 Å². The summed E-state index contributed by atoms with van der Waals surface area (Å²) in [5.41, 5.74) is 5.36. The molecule has 7 heteroatoms. The summed E-state index contributed by atoms with van der Waals surface area (Å²) in [6, 6.07) is 10.3. The first-order valence-electron chi connectivity index (χ1n) is 11.1. The number of rotatable bonds is 6. The highest BCUT2D eigenvalue weighted by molar-refractivity contribution is 5.84. The maximum absolute atomic E-state index is 4.80. The summed E-state index contributed by atoms with van der Waals surface area (Å²) in [5.74, 6) is 2.03. The quantitative estimate of drug-likeness (QED) is 0.569. The molecule has 0 aliphatic carbocycles. The molecule has 2 fully saturated rings. The third kappa shape index (κ3) is 5.34. The summed E-state index contributed by atoms with van der Waals surface area (Å²) in [6.07, 6.45) is 11.1. The molecule has 4 rings (SSSR count). The highest BCUT2D eigenvalue weighted by Gasteiger charge is 2.20. The van der Waals surface area contributed by atoms with Gasteiger partial charge < -0.3 is 9.80 Å². The Hall–Kier alpha value is -2.96. The van der Waals surface area contributed by atoms with Gasteiger partial charge in [-0.15, -0.1) is 0 Å². The van der Waals surface area contributed by atoms with Crippen molar-refractivity contribution in [3.05, 3.63) is 42.0 Å². The van der Waals surface area contributed by atoms with Gasteiger partial charge in [0, 0.05) is 32.4 Å². The average Bonchev–Trinajstić information content (AvgIpc) is 2.83. The van der Waals surface area contributed by atoms with Gasteiger partial charge in [-0.2, -0.15) is 20.1 Å². The fraction of sp³-hybridized carbons (Fsp3) is 0.478. The summed E-state index contributed by atoms with van der Waals surface area (Å²) >= 11 is 0. The summed E-state index contributed by atoms with van der Waals surface area (Å²) in [7, 11) is 0. The summed E-state index contributed by atoms with van der Waals surface area (Å²) in [5, 5.41) is 4.34. The molecule has 3 heterocycles. The molecule has 0 saturated carbocycles. The zero-order chi connectivity index (χ0) is 20.6. The first-order valence-corrected chi connectivity index (χ1v) is 11.1. The molecule has 0 amide bonds. The number of nitrogens with one attached hydrogen (secondary N) is 1. The number of piperidine rings is 2.